The standard InChI is InChI=1S/C21H21FN2O2S/c22-16-5-3-15(4-6-16)18-14-19(18)21(26)24-11-9-23(10-12-24)20(25)8-7-17-2-1-13-27-17/h1-8,13,18-19H,9-12,14H2. The van der Waals surface area contributed by atoms with E-state index in [1.807, 2.05) is 28.5 Å². The molecule has 27 heavy (non-hydrogen) atoms. The molecule has 2 aliphatic rings. The first-order valence-corrected chi connectivity index (χ1v) is 10.0. The monoisotopic (exact) mass is 384 g/mol. The number of carbonyl (C=O) groups excluding carboxylic acids is 2. The van der Waals surface area contributed by atoms with Gasteiger partial charge in [-0.15, -0.1) is 11.3 Å². The van der Waals surface area contributed by atoms with Gasteiger partial charge in [-0.25, -0.2) is 4.39 Å². The van der Waals surface area contributed by atoms with Crippen molar-refractivity contribution in [1.29, 1.82) is 0 Å². The van der Waals surface area contributed by atoms with Crippen molar-refractivity contribution in [3.63, 3.8) is 0 Å². The van der Waals surface area contributed by atoms with E-state index in [0.29, 0.717) is 26.2 Å². The second-order valence-electron chi connectivity index (χ2n) is 7.00. The number of piperazine rings is 1. The van der Waals surface area contributed by atoms with E-state index in [4.69, 9.17) is 0 Å². The van der Waals surface area contributed by atoms with Gasteiger partial charge in [-0.05, 0) is 47.6 Å². The van der Waals surface area contributed by atoms with E-state index >= 15 is 0 Å². The van der Waals surface area contributed by atoms with E-state index in [2.05, 4.69) is 0 Å². The Kier molecular flexibility index (Phi) is 5.07. The van der Waals surface area contributed by atoms with Crippen molar-refractivity contribution < 1.29 is 14.0 Å². The number of amides is 2. The fraction of sp³-hybridized carbons (Fsp3) is 0.333. The summed E-state index contributed by atoms with van der Waals surface area (Å²) in [5, 5.41) is 1.98. The molecule has 1 saturated carbocycles. The largest absolute Gasteiger partial charge is 0.339 e. The van der Waals surface area contributed by atoms with E-state index in [1.54, 1.807) is 34.4 Å². The zero-order valence-corrected chi connectivity index (χ0v) is 15.7. The molecular formula is C21H21FN2O2S. The molecule has 1 aromatic heterocycles. The predicted octanol–water partition coefficient (Wildman–Crippen LogP) is 3.37. The zero-order valence-electron chi connectivity index (χ0n) is 14.9. The van der Waals surface area contributed by atoms with Crippen molar-refractivity contribution in [3.8, 4) is 0 Å². The Bertz CT molecular complexity index is 840. The van der Waals surface area contributed by atoms with Crippen LogP contribution in [0.2, 0.25) is 0 Å². The fourth-order valence-electron chi connectivity index (χ4n) is 3.57. The molecule has 2 amide bonds. The third-order valence-corrected chi connectivity index (χ3v) is 6.08. The van der Waals surface area contributed by atoms with Crippen molar-refractivity contribution in [1.82, 2.24) is 9.80 Å². The highest BCUT2D eigenvalue weighted by Gasteiger charge is 2.46. The lowest BCUT2D eigenvalue weighted by Crippen LogP contribution is -2.50. The molecule has 2 unspecified atom stereocenters. The highest BCUT2D eigenvalue weighted by molar-refractivity contribution is 7.10. The van der Waals surface area contributed by atoms with Crippen LogP contribution < -0.4 is 0 Å². The summed E-state index contributed by atoms with van der Waals surface area (Å²) in [5.41, 5.74) is 1.03. The van der Waals surface area contributed by atoms with Gasteiger partial charge >= 0.3 is 0 Å². The maximum atomic E-state index is 13.0. The van der Waals surface area contributed by atoms with Gasteiger partial charge in [0.15, 0.2) is 0 Å². The van der Waals surface area contributed by atoms with E-state index in [0.717, 1.165) is 16.9 Å². The average Bonchev–Trinajstić information content (AvgIpc) is 3.32. The van der Waals surface area contributed by atoms with Crippen LogP contribution in [-0.4, -0.2) is 47.8 Å². The normalized spacial score (nSPS) is 22.3. The number of nitrogens with zero attached hydrogens (tertiary/aromatic N) is 2. The van der Waals surface area contributed by atoms with Crippen molar-refractivity contribution in [2.24, 2.45) is 5.92 Å². The number of hydrogen-bond acceptors (Lipinski definition) is 3. The molecule has 1 aliphatic carbocycles. The molecule has 0 spiro atoms. The summed E-state index contributed by atoms with van der Waals surface area (Å²) >= 11 is 1.59. The summed E-state index contributed by atoms with van der Waals surface area (Å²) in [7, 11) is 0. The number of halogens is 1. The summed E-state index contributed by atoms with van der Waals surface area (Å²) in [6, 6.07) is 10.4. The van der Waals surface area contributed by atoms with Crippen LogP contribution in [0.25, 0.3) is 6.08 Å². The van der Waals surface area contributed by atoms with E-state index in [1.165, 1.54) is 12.1 Å². The SMILES string of the molecule is O=C(C=Cc1cccs1)N1CCN(C(=O)C2CC2c2ccc(F)cc2)CC1. The maximum Gasteiger partial charge on any atom is 0.246 e. The first-order valence-electron chi connectivity index (χ1n) is 9.16. The Morgan fingerprint density at radius 1 is 1.04 bits per heavy atom. The molecule has 2 atom stereocenters. The average molecular weight is 384 g/mol. The Hall–Kier alpha value is -2.47. The van der Waals surface area contributed by atoms with E-state index in [-0.39, 0.29) is 29.5 Å². The van der Waals surface area contributed by atoms with Crippen LogP contribution in [0.15, 0.2) is 47.9 Å². The molecule has 0 N–H and O–H groups in total. The Morgan fingerprint density at radius 3 is 2.41 bits per heavy atom. The molecule has 0 bridgehead atoms. The predicted molar refractivity (Wildman–Crippen MR) is 104 cm³/mol. The second kappa shape index (κ2) is 7.64. The fourth-order valence-corrected chi connectivity index (χ4v) is 4.19. The summed E-state index contributed by atoms with van der Waals surface area (Å²) in [4.78, 5) is 29.7. The van der Waals surface area contributed by atoms with Crippen molar-refractivity contribution in [3.05, 3.63) is 64.1 Å². The number of hydrogen-bond donors (Lipinski definition) is 0. The van der Waals surface area contributed by atoms with Gasteiger partial charge < -0.3 is 9.80 Å². The second-order valence-corrected chi connectivity index (χ2v) is 7.98. The number of rotatable bonds is 4. The lowest BCUT2D eigenvalue weighted by Gasteiger charge is -2.34. The first kappa shape index (κ1) is 17.9. The molecule has 6 heteroatoms. The minimum absolute atomic E-state index is 0.00330. The van der Waals surface area contributed by atoms with Gasteiger partial charge in [0.05, 0.1) is 0 Å². The lowest BCUT2D eigenvalue weighted by molar-refractivity contribution is -0.138. The van der Waals surface area contributed by atoms with Crippen LogP contribution >= 0.6 is 11.3 Å². The highest BCUT2D eigenvalue weighted by atomic mass is 32.1. The van der Waals surface area contributed by atoms with E-state index < -0.39 is 0 Å². The van der Waals surface area contributed by atoms with Crippen LogP contribution in [0.5, 0.6) is 0 Å². The van der Waals surface area contributed by atoms with Crippen molar-refractivity contribution in [2.45, 2.75) is 12.3 Å². The summed E-state index contributed by atoms with van der Waals surface area (Å²) in [5.74, 6) is 0.0933. The first-order chi connectivity index (χ1) is 13.1. The van der Waals surface area contributed by atoms with Gasteiger partial charge in [0, 0.05) is 43.1 Å². The third-order valence-electron chi connectivity index (χ3n) is 5.24. The molecule has 2 fully saturated rings. The Morgan fingerprint density at radius 2 is 1.74 bits per heavy atom. The number of carbonyl (C=O) groups is 2. The molecule has 2 aromatic rings. The molecule has 1 aromatic carbocycles. The smallest absolute Gasteiger partial charge is 0.246 e. The molecular weight excluding hydrogens is 363 g/mol. The molecule has 140 valence electrons. The van der Waals surface area contributed by atoms with Crippen LogP contribution in [0, 0.1) is 11.7 Å². The van der Waals surface area contributed by atoms with Crippen LogP contribution in [0.1, 0.15) is 22.8 Å². The van der Waals surface area contributed by atoms with Gasteiger partial charge in [0.1, 0.15) is 5.82 Å². The molecule has 1 aliphatic heterocycles. The van der Waals surface area contributed by atoms with Gasteiger partial charge in [-0.1, -0.05) is 18.2 Å². The molecule has 0 radical (unpaired) electrons. The molecule has 4 rings (SSSR count). The van der Waals surface area contributed by atoms with Gasteiger partial charge in [-0.2, -0.15) is 0 Å². The summed E-state index contributed by atoms with van der Waals surface area (Å²) in [6.45, 7) is 2.27. The van der Waals surface area contributed by atoms with Crippen molar-refractivity contribution in [2.75, 3.05) is 26.2 Å². The van der Waals surface area contributed by atoms with Gasteiger partial charge in [0.25, 0.3) is 0 Å². The summed E-state index contributed by atoms with van der Waals surface area (Å²) < 4.78 is 13.0. The topological polar surface area (TPSA) is 40.6 Å². The van der Waals surface area contributed by atoms with Gasteiger partial charge in [0.2, 0.25) is 11.8 Å². The van der Waals surface area contributed by atoms with Crippen LogP contribution in [0.3, 0.4) is 0 Å². The number of thiophene rings is 1. The highest BCUT2D eigenvalue weighted by Crippen LogP contribution is 2.48. The van der Waals surface area contributed by atoms with Crippen LogP contribution in [-0.2, 0) is 9.59 Å². The van der Waals surface area contributed by atoms with E-state index in [9.17, 15) is 14.0 Å². The quantitative estimate of drug-likeness (QED) is 0.759. The van der Waals surface area contributed by atoms with Crippen LogP contribution in [0.4, 0.5) is 4.39 Å². The Labute approximate surface area is 161 Å². The zero-order chi connectivity index (χ0) is 18.8. The Balaban J connectivity index is 1.27. The maximum absolute atomic E-state index is 13.0. The third kappa shape index (κ3) is 4.11. The molecule has 4 nitrogen and oxygen atoms in total. The molecule has 1 saturated heterocycles. The number of benzene rings is 1. The minimum Gasteiger partial charge on any atom is -0.339 e. The lowest BCUT2D eigenvalue weighted by atomic mass is 10.1. The summed E-state index contributed by atoms with van der Waals surface area (Å²) in [6.07, 6.45) is 4.27. The minimum atomic E-state index is -0.254. The van der Waals surface area contributed by atoms with Gasteiger partial charge in [-0.3, -0.25) is 9.59 Å². The molecule has 2 heterocycles. The van der Waals surface area contributed by atoms with Crippen molar-refractivity contribution >= 4 is 29.2 Å².